The minimum atomic E-state index is 0.896. The lowest BCUT2D eigenvalue weighted by Crippen LogP contribution is -2.39. The number of rotatable bonds is 5. The zero-order valence-corrected chi connectivity index (χ0v) is 12.6. The van der Waals surface area contributed by atoms with Crippen molar-refractivity contribution in [2.24, 2.45) is 0 Å². The van der Waals surface area contributed by atoms with Crippen molar-refractivity contribution >= 4 is 23.5 Å². The van der Waals surface area contributed by atoms with E-state index in [2.05, 4.69) is 40.7 Å². The van der Waals surface area contributed by atoms with Crippen LogP contribution in [0.25, 0.3) is 0 Å². The summed E-state index contributed by atoms with van der Waals surface area (Å²) in [6.45, 7) is 8.74. The summed E-state index contributed by atoms with van der Waals surface area (Å²) in [5, 5.41) is 5.27. The van der Waals surface area contributed by atoms with Gasteiger partial charge in [0.15, 0.2) is 0 Å². The van der Waals surface area contributed by atoms with Crippen molar-refractivity contribution < 1.29 is 0 Å². The highest BCUT2D eigenvalue weighted by atomic mass is 32.2. The third-order valence-electron chi connectivity index (χ3n) is 3.73. The van der Waals surface area contributed by atoms with Crippen molar-refractivity contribution in [2.45, 2.75) is 36.7 Å². The zero-order valence-electron chi connectivity index (χ0n) is 11.0. The molecule has 0 radical (unpaired) electrons. The first-order chi connectivity index (χ1) is 8.38. The molecular formula is C13H26N2S2. The Morgan fingerprint density at radius 3 is 2.94 bits per heavy atom. The first-order valence-corrected chi connectivity index (χ1v) is 9.14. The van der Waals surface area contributed by atoms with Gasteiger partial charge in [-0.05, 0) is 32.4 Å². The monoisotopic (exact) mass is 274 g/mol. The molecule has 2 rings (SSSR count). The Kier molecular flexibility index (Phi) is 6.54. The molecule has 0 aromatic heterocycles. The summed E-state index contributed by atoms with van der Waals surface area (Å²) in [7, 11) is 0. The molecule has 2 aliphatic heterocycles. The molecule has 2 heterocycles. The molecule has 0 bridgehead atoms. The average molecular weight is 274 g/mol. The van der Waals surface area contributed by atoms with Crippen LogP contribution < -0.4 is 5.32 Å². The first-order valence-electron chi connectivity index (χ1n) is 7.04. The van der Waals surface area contributed by atoms with Gasteiger partial charge in [-0.1, -0.05) is 6.92 Å². The minimum absolute atomic E-state index is 0.896. The summed E-state index contributed by atoms with van der Waals surface area (Å²) in [5.74, 6) is 2.68. The van der Waals surface area contributed by atoms with Gasteiger partial charge in [0.05, 0.1) is 0 Å². The molecule has 0 saturated carbocycles. The van der Waals surface area contributed by atoms with Gasteiger partial charge in [0.2, 0.25) is 0 Å². The van der Waals surface area contributed by atoms with Crippen molar-refractivity contribution in [3.8, 4) is 0 Å². The fraction of sp³-hybridized carbons (Fsp3) is 1.00. The molecule has 2 aliphatic rings. The normalized spacial score (nSPS) is 28.4. The quantitative estimate of drug-likeness (QED) is 0.827. The predicted molar refractivity (Wildman–Crippen MR) is 81.3 cm³/mol. The van der Waals surface area contributed by atoms with Crippen LogP contribution >= 0.6 is 23.5 Å². The van der Waals surface area contributed by atoms with Crippen LogP contribution in [0.2, 0.25) is 0 Å². The molecule has 2 saturated heterocycles. The largest absolute Gasteiger partial charge is 0.317 e. The summed E-state index contributed by atoms with van der Waals surface area (Å²) in [6, 6.07) is 0. The van der Waals surface area contributed by atoms with Crippen LogP contribution in [0.1, 0.15) is 26.2 Å². The Bertz CT molecular complexity index is 208. The fourth-order valence-electron chi connectivity index (χ4n) is 2.54. The van der Waals surface area contributed by atoms with Crippen LogP contribution in [0.3, 0.4) is 0 Å². The van der Waals surface area contributed by atoms with E-state index in [1.807, 2.05) is 0 Å². The molecule has 1 unspecified atom stereocenters. The SMILES string of the molecule is CCC1CN(CCSC2CCNCC2)CCS1. The molecule has 4 heteroatoms. The van der Waals surface area contributed by atoms with Crippen molar-refractivity contribution in [2.75, 3.05) is 44.2 Å². The van der Waals surface area contributed by atoms with Gasteiger partial charge in [0, 0.05) is 41.6 Å². The molecule has 2 fully saturated rings. The number of hydrogen-bond donors (Lipinski definition) is 1. The first kappa shape index (κ1) is 14.0. The maximum atomic E-state index is 3.44. The maximum absolute atomic E-state index is 3.44. The van der Waals surface area contributed by atoms with Crippen LogP contribution in [-0.2, 0) is 0 Å². The van der Waals surface area contributed by atoms with Crippen molar-refractivity contribution in [3.63, 3.8) is 0 Å². The van der Waals surface area contributed by atoms with Crippen molar-refractivity contribution in [3.05, 3.63) is 0 Å². The van der Waals surface area contributed by atoms with Gasteiger partial charge in [-0.25, -0.2) is 0 Å². The standard InChI is InChI=1S/C13H26N2S2/c1-2-12-11-15(7-9-16-12)8-10-17-13-3-5-14-6-4-13/h12-14H,2-11H2,1H3. The summed E-state index contributed by atoms with van der Waals surface area (Å²) in [6.07, 6.45) is 4.08. The van der Waals surface area contributed by atoms with Gasteiger partial charge >= 0.3 is 0 Å². The van der Waals surface area contributed by atoms with E-state index in [1.165, 1.54) is 63.5 Å². The third kappa shape index (κ3) is 5.01. The van der Waals surface area contributed by atoms with E-state index in [0.717, 1.165) is 10.5 Å². The van der Waals surface area contributed by atoms with Gasteiger partial charge in [-0.15, -0.1) is 0 Å². The number of piperidine rings is 1. The summed E-state index contributed by atoms with van der Waals surface area (Å²) in [4.78, 5) is 2.68. The molecule has 2 nitrogen and oxygen atoms in total. The Morgan fingerprint density at radius 2 is 2.18 bits per heavy atom. The van der Waals surface area contributed by atoms with Gasteiger partial charge in [-0.2, -0.15) is 23.5 Å². The molecule has 1 N–H and O–H groups in total. The van der Waals surface area contributed by atoms with Crippen LogP contribution in [0.4, 0.5) is 0 Å². The second-order valence-electron chi connectivity index (χ2n) is 5.02. The average Bonchev–Trinajstić information content (AvgIpc) is 2.40. The summed E-state index contributed by atoms with van der Waals surface area (Å²) >= 11 is 4.38. The van der Waals surface area contributed by atoms with Gasteiger partial charge < -0.3 is 10.2 Å². The smallest absolute Gasteiger partial charge is 0.0172 e. The molecule has 100 valence electrons. The Morgan fingerprint density at radius 1 is 1.35 bits per heavy atom. The molecule has 1 atom stereocenters. The highest BCUT2D eigenvalue weighted by molar-refractivity contribution is 8.00. The van der Waals surface area contributed by atoms with Gasteiger partial charge in [0.25, 0.3) is 0 Å². The van der Waals surface area contributed by atoms with E-state index in [0.29, 0.717) is 0 Å². The van der Waals surface area contributed by atoms with E-state index in [4.69, 9.17) is 0 Å². The van der Waals surface area contributed by atoms with E-state index < -0.39 is 0 Å². The molecule has 17 heavy (non-hydrogen) atoms. The predicted octanol–water partition coefficient (Wildman–Crippen LogP) is 2.30. The van der Waals surface area contributed by atoms with E-state index in [9.17, 15) is 0 Å². The molecule has 0 aromatic carbocycles. The van der Waals surface area contributed by atoms with Crippen LogP contribution in [-0.4, -0.2) is 59.6 Å². The van der Waals surface area contributed by atoms with Crippen molar-refractivity contribution in [1.82, 2.24) is 10.2 Å². The second-order valence-corrected chi connectivity index (χ2v) is 7.84. The summed E-state index contributed by atoms with van der Waals surface area (Å²) in [5.41, 5.74) is 0. The second kappa shape index (κ2) is 7.93. The van der Waals surface area contributed by atoms with E-state index in [1.54, 1.807) is 0 Å². The third-order valence-corrected chi connectivity index (χ3v) is 6.46. The lowest BCUT2D eigenvalue weighted by molar-refractivity contribution is 0.298. The topological polar surface area (TPSA) is 15.3 Å². The Balaban J connectivity index is 1.57. The molecular weight excluding hydrogens is 248 g/mol. The van der Waals surface area contributed by atoms with Gasteiger partial charge in [0.1, 0.15) is 0 Å². The number of thioether (sulfide) groups is 2. The molecule has 0 aliphatic carbocycles. The summed E-state index contributed by atoms with van der Waals surface area (Å²) < 4.78 is 0. The molecule has 0 aromatic rings. The lowest BCUT2D eigenvalue weighted by Gasteiger charge is -2.32. The minimum Gasteiger partial charge on any atom is -0.317 e. The Labute approximate surface area is 115 Å². The maximum Gasteiger partial charge on any atom is 0.0172 e. The van der Waals surface area contributed by atoms with Crippen molar-refractivity contribution in [1.29, 1.82) is 0 Å². The van der Waals surface area contributed by atoms with Crippen LogP contribution in [0, 0.1) is 0 Å². The van der Waals surface area contributed by atoms with Crippen LogP contribution in [0.15, 0.2) is 0 Å². The highest BCUT2D eigenvalue weighted by Gasteiger charge is 2.19. The van der Waals surface area contributed by atoms with Gasteiger partial charge in [-0.3, -0.25) is 0 Å². The molecule has 0 spiro atoms. The zero-order chi connectivity index (χ0) is 11.9. The fourth-order valence-corrected chi connectivity index (χ4v) is 5.06. The number of hydrogen-bond acceptors (Lipinski definition) is 4. The highest BCUT2D eigenvalue weighted by Crippen LogP contribution is 2.23. The lowest BCUT2D eigenvalue weighted by atomic mass is 10.2. The molecule has 0 amide bonds. The van der Waals surface area contributed by atoms with Crippen LogP contribution in [0.5, 0.6) is 0 Å². The Hall–Kier alpha value is 0.620. The van der Waals surface area contributed by atoms with E-state index in [-0.39, 0.29) is 0 Å². The van der Waals surface area contributed by atoms with E-state index >= 15 is 0 Å². The number of nitrogens with one attached hydrogen (secondary N) is 1. The number of nitrogens with zero attached hydrogens (tertiary/aromatic N) is 1.